The zero-order chi connectivity index (χ0) is 20.5. The van der Waals surface area contributed by atoms with E-state index in [1.54, 1.807) is 42.5 Å². The van der Waals surface area contributed by atoms with Gasteiger partial charge in [-0.05, 0) is 42.7 Å². The standard InChI is InChI=1S/C20H19F3N2O3/c1-13-8-14(2)10-16(9-13)28-12-18(26)25-19(27,20(21,22)23)11-17(24-25)15-6-4-3-5-7-15/h3-11,24,27H,12H2,1-2H3/t19-/m0/s1. The summed E-state index contributed by atoms with van der Waals surface area (Å²) >= 11 is 0. The van der Waals surface area contributed by atoms with Gasteiger partial charge >= 0.3 is 6.18 Å². The third-order valence-electron chi connectivity index (χ3n) is 4.23. The second kappa shape index (κ2) is 7.20. The molecular weight excluding hydrogens is 373 g/mol. The van der Waals surface area contributed by atoms with Crippen molar-refractivity contribution in [3.63, 3.8) is 0 Å². The van der Waals surface area contributed by atoms with Crippen LogP contribution in [0.4, 0.5) is 13.2 Å². The van der Waals surface area contributed by atoms with Gasteiger partial charge < -0.3 is 9.84 Å². The number of amides is 1. The van der Waals surface area contributed by atoms with E-state index in [0.717, 1.165) is 11.1 Å². The van der Waals surface area contributed by atoms with Gasteiger partial charge in [0.2, 0.25) is 0 Å². The van der Waals surface area contributed by atoms with E-state index in [9.17, 15) is 23.1 Å². The summed E-state index contributed by atoms with van der Waals surface area (Å²) in [6.07, 6.45) is -4.52. The first-order chi connectivity index (χ1) is 13.1. The Hall–Kier alpha value is -3.00. The van der Waals surface area contributed by atoms with Gasteiger partial charge in [-0.25, -0.2) is 5.01 Å². The molecule has 1 aliphatic heterocycles. The van der Waals surface area contributed by atoms with Gasteiger partial charge in [-0.1, -0.05) is 36.4 Å². The lowest BCUT2D eigenvalue weighted by molar-refractivity contribution is -0.289. The number of hydrogen-bond acceptors (Lipinski definition) is 4. The predicted molar refractivity (Wildman–Crippen MR) is 96.8 cm³/mol. The molecular formula is C20H19F3N2O3. The molecule has 0 bridgehead atoms. The highest BCUT2D eigenvalue weighted by Crippen LogP contribution is 2.39. The number of nitrogens with one attached hydrogen (secondary N) is 1. The first-order valence-corrected chi connectivity index (χ1v) is 8.48. The molecule has 2 aromatic rings. The van der Waals surface area contributed by atoms with Crippen LogP contribution in [0, 0.1) is 13.8 Å². The van der Waals surface area contributed by atoms with Crippen LogP contribution in [-0.2, 0) is 4.79 Å². The topological polar surface area (TPSA) is 61.8 Å². The van der Waals surface area contributed by atoms with E-state index in [-0.39, 0.29) is 10.7 Å². The molecule has 0 aliphatic carbocycles. The normalized spacial score (nSPS) is 19.2. The van der Waals surface area contributed by atoms with Crippen LogP contribution in [0.2, 0.25) is 0 Å². The molecule has 2 aromatic carbocycles. The number of hydrogen-bond donors (Lipinski definition) is 2. The van der Waals surface area contributed by atoms with Crippen molar-refractivity contribution in [1.82, 2.24) is 10.4 Å². The van der Waals surface area contributed by atoms with Crippen LogP contribution in [-0.4, -0.2) is 34.5 Å². The Bertz CT molecular complexity index is 892. The summed E-state index contributed by atoms with van der Waals surface area (Å²) in [5.41, 5.74) is 1.02. The van der Waals surface area contributed by atoms with Crippen molar-refractivity contribution >= 4 is 11.6 Å². The van der Waals surface area contributed by atoms with Gasteiger partial charge in [0.25, 0.3) is 11.6 Å². The number of aryl methyl sites for hydroxylation is 2. The molecule has 5 nitrogen and oxygen atoms in total. The van der Waals surface area contributed by atoms with Crippen LogP contribution in [0.5, 0.6) is 5.75 Å². The molecule has 0 spiro atoms. The van der Waals surface area contributed by atoms with E-state index in [1.807, 2.05) is 19.9 Å². The average Bonchev–Trinajstić information content (AvgIpc) is 2.99. The summed E-state index contributed by atoms with van der Waals surface area (Å²) in [7, 11) is 0. The first kappa shape index (κ1) is 19.8. The van der Waals surface area contributed by atoms with Gasteiger partial charge in [0, 0.05) is 6.08 Å². The van der Waals surface area contributed by atoms with E-state index < -0.39 is 24.4 Å². The third-order valence-corrected chi connectivity index (χ3v) is 4.23. The van der Waals surface area contributed by atoms with Gasteiger partial charge in [-0.2, -0.15) is 13.2 Å². The highest BCUT2D eigenvalue weighted by Gasteiger charge is 2.61. The Balaban J connectivity index is 1.82. The first-order valence-electron chi connectivity index (χ1n) is 8.48. The van der Waals surface area contributed by atoms with Crippen molar-refractivity contribution in [1.29, 1.82) is 0 Å². The van der Waals surface area contributed by atoms with E-state index in [1.165, 1.54) is 0 Å². The van der Waals surface area contributed by atoms with Crippen molar-refractivity contribution < 1.29 is 27.8 Å². The number of alkyl halides is 3. The minimum atomic E-state index is -5.11. The van der Waals surface area contributed by atoms with Crippen molar-refractivity contribution in [2.75, 3.05) is 6.61 Å². The number of nitrogens with zero attached hydrogens (tertiary/aromatic N) is 1. The summed E-state index contributed by atoms with van der Waals surface area (Å²) in [5, 5.41) is 10.4. The van der Waals surface area contributed by atoms with Crippen LogP contribution in [0.25, 0.3) is 5.70 Å². The largest absolute Gasteiger partial charge is 0.484 e. The van der Waals surface area contributed by atoms with Crippen LogP contribution in [0.3, 0.4) is 0 Å². The Kier molecular flexibility index (Phi) is 5.08. The van der Waals surface area contributed by atoms with E-state index in [0.29, 0.717) is 17.4 Å². The molecule has 0 aromatic heterocycles. The zero-order valence-electron chi connectivity index (χ0n) is 15.2. The van der Waals surface area contributed by atoms with Crippen molar-refractivity contribution in [2.45, 2.75) is 25.7 Å². The number of ether oxygens (including phenoxy) is 1. The number of benzene rings is 2. The number of halogens is 3. The van der Waals surface area contributed by atoms with Crippen molar-refractivity contribution in [2.24, 2.45) is 0 Å². The summed E-state index contributed by atoms with van der Waals surface area (Å²) in [4.78, 5) is 12.5. The summed E-state index contributed by atoms with van der Waals surface area (Å²) < 4.78 is 46.0. The van der Waals surface area contributed by atoms with E-state index in [2.05, 4.69) is 5.43 Å². The van der Waals surface area contributed by atoms with Crippen LogP contribution in [0.1, 0.15) is 16.7 Å². The molecule has 1 aliphatic rings. The summed E-state index contributed by atoms with van der Waals surface area (Å²) in [6, 6.07) is 13.3. The van der Waals surface area contributed by atoms with Gasteiger partial charge in [0.1, 0.15) is 5.75 Å². The maximum Gasteiger partial charge on any atom is 0.442 e. The molecule has 0 saturated carbocycles. The molecule has 1 heterocycles. The molecule has 0 unspecified atom stereocenters. The van der Waals surface area contributed by atoms with E-state index in [4.69, 9.17) is 4.74 Å². The minimum absolute atomic E-state index is 0.0276. The quantitative estimate of drug-likeness (QED) is 0.838. The molecule has 1 amide bonds. The number of aliphatic hydroxyl groups is 1. The monoisotopic (exact) mass is 392 g/mol. The minimum Gasteiger partial charge on any atom is -0.484 e. The maximum atomic E-state index is 13.5. The SMILES string of the molecule is Cc1cc(C)cc(OCC(=O)N2NC(c3ccccc3)=C[C@]2(O)C(F)(F)F)c1. The lowest BCUT2D eigenvalue weighted by Crippen LogP contribution is -2.61. The fourth-order valence-electron chi connectivity index (χ4n) is 2.96. The van der Waals surface area contributed by atoms with Crippen LogP contribution >= 0.6 is 0 Å². The average molecular weight is 392 g/mol. The summed E-state index contributed by atoms with van der Waals surface area (Å²) in [5.74, 6) is -0.710. The highest BCUT2D eigenvalue weighted by molar-refractivity contribution is 5.82. The van der Waals surface area contributed by atoms with E-state index >= 15 is 0 Å². The van der Waals surface area contributed by atoms with Crippen LogP contribution < -0.4 is 10.2 Å². The maximum absolute atomic E-state index is 13.5. The molecule has 3 rings (SSSR count). The molecule has 8 heteroatoms. The third kappa shape index (κ3) is 3.82. The number of rotatable bonds is 4. The van der Waals surface area contributed by atoms with Crippen molar-refractivity contribution in [3.05, 3.63) is 71.3 Å². The Morgan fingerprint density at radius 3 is 2.32 bits per heavy atom. The van der Waals surface area contributed by atoms with Gasteiger partial charge in [-0.15, -0.1) is 0 Å². The van der Waals surface area contributed by atoms with Crippen LogP contribution in [0.15, 0.2) is 54.6 Å². The number of carbonyl (C=O) groups is 1. The van der Waals surface area contributed by atoms with Gasteiger partial charge in [0.05, 0.1) is 5.70 Å². The highest BCUT2D eigenvalue weighted by atomic mass is 19.4. The summed E-state index contributed by atoms with van der Waals surface area (Å²) in [6.45, 7) is 2.99. The molecule has 1 atom stereocenters. The molecule has 0 fully saturated rings. The Labute approximate surface area is 160 Å². The second-order valence-electron chi connectivity index (χ2n) is 6.60. The molecule has 148 valence electrons. The smallest absolute Gasteiger partial charge is 0.442 e. The fraction of sp³-hybridized carbons (Fsp3) is 0.250. The molecule has 2 N–H and O–H groups in total. The lowest BCUT2D eigenvalue weighted by Gasteiger charge is -2.33. The molecule has 0 saturated heterocycles. The van der Waals surface area contributed by atoms with Crippen molar-refractivity contribution in [3.8, 4) is 5.75 Å². The molecule has 0 radical (unpaired) electrons. The predicted octanol–water partition coefficient (Wildman–Crippen LogP) is 3.32. The second-order valence-corrected chi connectivity index (χ2v) is 6.60. The Morgan fingerprint density at radius 2 is 1.75 bits per heavy atom. The molecule has 28 heavy (non-hydrogen) atoms. The lowest BCUT2D eigenvalue weighted by atomic mass is 10.1. The van der Waals surface area contributed by atoms with Gasteiger partial charge in [0.15, 0.2) is 6.61 Å². The van der Waals surface area contributed by atoms with Gasteiger partial charge in [-0.3, -0.25) is 10.2 Å². The number of carbonyl (C=O) groups excluding carboxylic acids is 1. The Morgan fingerprint density at radius 1 is 1.14 bits per heavy atom. The number of hydrazine groups is 1. The fourth-order valence-corrected chi connectivity index (χ4v) is 2.96. The zero-order valence-corrected chi connectivity index (χ0v) is 15.2.